The lowest BCUT2D eigenvalue weighted by atomic mass is 9.90. The number of hydrogen-bond donors (Lipinski definition) is 1. The first kappa shape index (κ1) is 13.6. The number of anilines is 1. The van der Waals surface area contributed by atoms with Crippen LogP contribution in [0.1, 0.15) is 32.6 Å². The van der Waals surface area contributed by atoms with Crippen molar-refractivity contribution in [2.24, 2.45) is 5.92 Å². The normalized spacial score (nSPS) is 26.8. The molecule has 2 saturated heterocycles. The molecular weight excluding hydrogens is 252 g/mol. The summed E-state index contributed by atoms with van der Waals surface area (Å²) in [5, 5.41) is 3.64. The van der Waals surface area contributed by atoms with Gasteiger partial charge >= 0.3 is 0 Å². The standard InChI is InChI=1S/C15H24N4O/c1-2-20-15-10-16-9-14(18-15)19-8-4-5-12(11-19)13-6-3-7-17-13/h9-10,12-13,17H,2-8,11H2,1H3. The highest BCUT2D eigenvalue weighted by molar-refractivity contribution is 5.38. The molecule has 1 N–H and O–H groups in total. The molecule has 0 radical (unpaired) electrons. The molecule has 3 heterocycles. The van der Waals surface area contributed by atoms with Crippen LogP contribution in [0.5, 0.6) is 5.88 Å². The molecule has 110 valence electrons. The van der Waals surface area contributed by atoms with Crippen LogP contribution in [0.25, 0.3) is 0 Å². The van der Waals surface area contributed by atoms with Crippen LogP contribution in [0.4, 0.5) is 5.82 Å². The molecule has 0 spiro atoms. The highest BCUT2D eigenvalue weighted by atomic mass is 16.5. The predicted molar refractivity (Wildman–Crippen MR) is 79.2 cm³/mol. The summed E-state index contributed by atoms with van der Waals surface area (Å²) in [5.74, 6) is 2.33. The van der Waals surface area contributed by atoms with Gasteiger partial charge < -0.3 is 15.0 Å². The predicted octanol–water partition coefficient (Wildman–Crippen LogP) is 1.84. The van der Waals surface area contributed by atoms with E-state index in [1.807, 2.05) is 13.1 Å². The second kappa shape index (κ2) is 6.39. The van der Waals surface area contributed by atoms with Crippen molar-refractivity contribution in [3.63, 3.8) is 0 Å². The van der Waals surface area contributed by atoms with Gasteiger partial charge in [0.2, 0.25) is 5.88 Å². The Kier molecular flexibility index (Phi) is 4.35. The molecule has 2 unspecified atom stereocenters. The first-order valence-corrected chi connectivity index (χ1v) is 7.80. The molecule has 3 rings (SSSR count). The summed E-state index contributed by atoms with van der Waals surface area (Å²) in [6.07, 6.45) is 8.75. The maximum atomic E-state index is 5.45. The first-order valence-electron chi connectivity index (χ1n) is 7.80. The lowest BCUT2D eigenvalue weighted by molar-refractivity contribution is 0.318. The van der Waals surface area contributed by atoms with Gasteiger partial charge in [0.25, 0.3) is 0 Å². The van der Waals surface area contributed by atoms with Gasteiger partial charge in [0, 0.05) is 19.1 Å². The zero-order valence-corrected chi connectivity index (χ0v) is 12.2. The van der Waals surface area contributed by atoms with E-state index < -0.39 is 0 Å². The second-order valence-corrected chi connectivity index (χ2v) is 5.70. The summed E-state index contributed by atoms with van der Waals surface area (Å²) in [6, 6.07) is 0.695. The van der Waals surface area contributed by atoms with E-state index in [0.717, 1.165) is 24.8 Å². The van der Waals surface area contributed by atoms with Crippen LogP contribution in [0.3, 0.4) is 0 Å². The van der Waals surface area contributed by atoms with E-state index in [9.17, 15) is 0 Å². The van der Waals surface area contributed by atoms with Gasteiger partial charge in [-0.05, 0) is 45.1 Å². The van der Waals surface area contributed by atoms with Crippen LogP contribution >= 0.6 is 0 Å². The number of nitrogens with zero attached hydrogens (tertiary/aromatic N) is 3. The lowest BCUT2D eigenvalue weighted by Gasteiger charge is -2.36. The Morgan fingerprint density at radius 1 is 1.35 bits per heavy atom. The molecule has 5 heteroatoms. The van der Waals surface area contributed by atoms with Crippen molar-refractivity contribution < 1.29 is 4.74 Å². The van der Waals surface area contributed by atoms with E-state index in [0.29, 0.717) is 18.5 Å². The Bertz CT molecular complexity index is 434. The van der Waals surface area contributed by atoms with Gasteiger partial charge in [0.15, 0.2) is 5.82 Å². The monoisotopic (exact) mass is 276 g/mol. The lowest BCUT2D eigenvalue weighted by Crippen LogP contribution is -2.43. The van der Waals surface area contributed by atoms with Crippen LogP contribution in [0, 0.1) is 5.92 Å². The number of piperidine rings is 1. The third-order valence-corrected chi connectivity index (χ3v) is 4.34. The van der Waals surface area contributed by atoms with Crippen molar-refractivity contribution in [1.29, 1.82) is 0 Å². The number of aromatic nitrogens is 2. The smallest absolute Gasteiger partial charge is 0.234 e. The van der Waals surface area contributed by atoms with E-state index in [4.69, 9.17) is 4.74 Å². The molecule has 20 heavy (non-hydrogen) atoms. The van der Waals surface area contributed by atoms with Gasteiger partial charge in [-0.1, -0.05) is 0 Å². The third-order valence-electron chi connectivity index (χ3n) is 4.34. The van der Waals surface area contributed by atoms with Gasteiger partial charge in [-0.15, -0.1) is 0 Å². The summed E-state index contributed by atoms with van der Waals surface area (Å²) in [7, 11) is 0. The molecule has 0 bridgehead atoms. The molecule has 0 aromatic carbocycles. The maximum absolute atomic E-state index is 5.45. The van der Waals surface area contributed by atoms with Gasteiger partial charge in [0.05, 0.1) is 19.0 Å². The van der Waals surface area contributed by atoms with Crippen molar-refractivity contribution >= 4 is 5.82 Å². The molecular formula is C15H24N4O. The first-order chi connectivity index (χ1) is 9.86. The molecule has 2 aliphatic rings. The Hall–Kier alpha value is -1.36. The molecule has 0 saturated carbocycles. The van der Waals surface area contributed by atoms with Gasteiger partial charge in [0.1, 0.15) is 0 Å². The average molecular weight is 276 g/mol. The summed E-state index contributed by atoms with van der Waals surface area (Å²) in [4.78, 5) is 11.2. The Labute approximate surface area is 120 Å². The molecule has 0 amide bonds. The summed E-state index contributed by atoms with van der Waals surface area (Å²) in [5.41, 5.74) is 0. The molecule has 2 aliphatic heterocycles. The minimum atomic E-state index is 0.631. The van der Waals surface area contributed by atoms with E-state index in [1.165, 1.54) is 32.2 Å². The van der Waals surface area contributed by atoms with Gasteiger partial charge in [-0.25, -0.2) is 0 Å². The van der Waals surface area contributed by atoms with E-state index in [2.05, 4.69) is 20.2 Å². The molecule has 2 atom stereocenters. The van der Waals surface area contributed by atoms with Crippen molar-refractivity contribution in [2.75, 3.05) is 31.1 Å². The fourth-order valence-electron chi connectivity index (χ4n) is 3.37. The number of rotatable bonds is 4. The van der Waals surface area contributed by atoms with Crippen LogP contribution in [0.2, 0.25) is 0 Å². The summed E-state index contributed by atoms with van der Waals surface area (Å²) < 4.78 is 5.45. The molecule has 2 fully saturated rings. The molecule has 1 aromatic rings. The summed E-state index contributed by atoms with van der Waals surface area (Å²) >= 11 is 0. The van der Waals surface area contributed by atoms with E-state index >= 15 is 0 Å². The zero-order valence-electron chi connectivity index (χ0n) is 12.2. The fraction of sp³-hybridized carbons (Fsp3) is 0.733. The Morgan fingerprint density at radius 3 is 3.10 bits per heavy atom. The zero-order chi connectivity index (χ0) is 13.8. The quantitative estimate of drug-likeness (QED) is 0.909. The van der Waals surface area contributed by atoms with Crippen LogP contribution in [-0.2, 0) is 0 Å². The molecule has 5 nitrogen and oxygen atoms in total. The molecule has 1 aromatic heterocycles. The minimum absolute atomic E-state index is 0.631. The molecule has 0 aliphatic carbocycles. The average Bonchev–Trinajstić information content (AvgIpc) is 3.02. The number of nitrogens with one attached hydrogen (secondary N) is 1. The van der Waals surface area contributed by atoms with Crippen LogP contribution in [0.15, 0.2) is 12.4 Å². The largest absolute Gasteiger partial charge is 0.477 e. The Morgan fingerprint density at radius 2 is 2.30 bits per heavy atom. The van der Waals surface area contributed by atoms with Gasteiger partial charge in [-0.3, -0.25) is 4.98 Å². The third kappa shape index (κ3) is 3.03. The highest BCUT2D eigenvalue weighted by Crippen LogP contribution is 2.27. The van der Waals surface area contributed by atoms with Gasteiger partial charge in [-0.2, -0.15) is 4.98 Å². The van der Waals surface area contributed by atoms with Crippen molar-refractivity contribution in [2.45, 2.75) is 38.6 Å². The van der Waals surface area contributed by atoms with Crippen molar-refractivity contribution in [3.05, 3.63) is 12.4 Å². The maximum Gasteiger partial charge on any atom is 0.234 e. The fourth-order valence-corrected chi connectivity index (χ4v) is 3.37. The number of ether oxygens (including phenoxy) is 1. The van der Waals surface area contributed by atoms with E-state index in [1.54, 1.807) is 6.20 Å². The highest BCUT2D eigenvalue weighted by Gasteiger charge is 2.29. The topological polar surface area (TPSA) is 50.3 Å². The summed E-state index contributed by atoms with van der Waals surface area (Å²) in [6.45, 7) is 5.94. The van der Waals surface area contributed by atoms with Crippen molar-refractivity contribution in [3.8, 4) is 5.88 Å². The Balaban J connectivity index is 1.68. The van der Waals surface area contributed by atoms with Crippen LogP contribution < -0.4 is 15.0 Å². The number of hydrogen-bond acceptors (Lipinski definition) is 5. The van der Waals surface area contributed by atoms with Crippen molar-refractivity contribution in [1.82, 2.24) is 15.3 Å². The van der Waals surface area contributed by atoms with E-state index in [-0.39, 0.29) is 0 Å². The minimum Gasteiger partial charge on any atom is -0.477 e. The van der Waals surface area contributed by atoms with Crippen LogP contribution in [-0.4, -0.2) is 42.3 Å². The SMILES string of the molecule is CCOc1cncc(N2CCCC(C3CCCN3)C2)n1. The second-order valence-electron chi connectivity index (χ2n) is 5.70.